The van der Waals surface area contributed by atoms with Gasteiger partial charge >= 0.3 is 5.97 Å². The monoisotopic (exact) mass is 303 g/mol. The number of carbonyl (C=O) groups is 2. The van der Waals surface area contributed by atoms with E-state index < -0.39 is 11.6 Å². The van der Waals surface area contributed by atoms with Crippen molar-refractivity contribution in [2.45, 2.75) is 38.2 Å². The van der Waals surface area contributed by atoms with Crippen LogP contribution in [0.4, 0.5) is 0 Å². The third kappa shape index (κ3) is 2.86. The van der Waals surface area contributed by atoms with Gasteiger partial charge in [-0.15, -0.1) is 0 Å². The quantitative estimate of drug-likeness (QED) is 0.928. The number of benzene rings is 1. The zero-order chi connectivity index (χ0) is 15.7. The van der Waals surface area contributed by atoms with E-state index in [9.17, 15) is 9.59 Å². The van der Waals surface area contributed by atoms with Crippen molar-refractivity contribution in [3.05, 3.63) is 29.3 Å². The molecule has 1 spiro atoms. The first kappa shape index (κ1) is 15.0. The number of fused-ring (bicyclic) bond motifs is 1. The molecule has 5 nitrogen and oxygen atoms in total. The highest BCUT2D eigenvalue weighted by Gasteiger charge is 2.43. The molecule has 0 radical (unpaired) electrons. The fourth-order valence-electron chi connectivity index (χ4n) is 3.36. The molecule has 5 heteroatoms. The second kappa shape index (κ2) is 5.72. The molecule has 0 aliphatic carbocycles. The maximum atomic E-state index is 12.4. The van der Waals surface area contributed by atoms with E-state index in [0.717, 1.165) is 37.2 Å². The second-order valence-corrected chi connectivity index (χ2v) is 6.32. The number of carboxylic acids is 1. The minimum Gasteiger partial charge on any atom is -0.486 e. The van der Waals surface area contributed by atoms with E-state index in [-0.39, 0.29) is 12.2 Å². The van der Waals surface area contributed by atoms with Crippen molar-refractivity contribution in [3.8, 4) is 5.75 Å². The Morgan fingerprint density at radius 3 is 2.77 bits per heavy atom. The van der Waals surface area contributed by atoms with Gasteiger partial charge in [-0.1, -0.05) is 12.1 Å². The SMILES string of the molecule is Cc1cccc2c1OC1(CCN(CCC(=O)O)CC1)CC2=O. The highest BCUT2D eigenvalue weighted by atomic mass is 16.5. The van der Waals surface area contributed by atoms with Crippen LogP contribution in [0.25, 0.3) is 0 Å². The van der Waals surface area contributed by atoms with Crippen molar-refractivity contribution in [1.29, 1.82) is 0 Å². The van der Waals surface area contributed by atoms with Crippen LogP contribution in [0.15, 0.2) is 18.2 Å². The maximum Gasteiger partial charge on any atom is 0.304 e. The van der Waals surface area contributed by atoms with E-state index in [4.69, 9.17) is 9.84 Å². The van der Waals surface area contributed by atoms with Gasteiger partial charge in [0.25, 0.3) is 0 Å². The van der Waals surface area contributed by atoms with Gasteiger partial charge < -0.3 is 14.7 Å². The first-order chi connectivity index (χ1) is 10.5. The maximum absolute atomic E-state index is 12.4. The molecule has 2 aliphatic rings. The van der Waals surface area contributed by atoms with Crippen molar-refractivity contribution in [3.63, 3.8) is 0 Å². The van der Waals surface area contributed by atoms with Crippen LogP contribution in [0.5, 0.6) is 5.75 Å². The highest BCUT2D eigenvalue weighted by molar-refractivity contribution is 6.00. The third-order valence-electron chi connectivity index (χ3n) is 4.72. The van der Waals surface area contributed by atoms with Gasteiger partial charge in [0.05, 0.1) is 18.4 Å². The van der Waals surface area contributed by atoms with Gasteiger partial charge in [-0.2, -0.15) is 0 Å². The Kier molecular flexibility index (Phi) is 3.91. The molecule has 0 amide bonds. The molecule has 0 atom stereocenters. The highest BCUT2D eigenvalue weighted by Crippen LogP contribution is 2.40. The summed E-state index contributed by atoms with van der Waals surface area (Å²) in [5.74, 6) is 0.121. The number of para-hydroxylation sites is 1. The predicted molar refractivity (Wildman–Crippen MR) is 81.4 cm³/mol. The van der Waals surface area contributed by atoms with E-state index in [2.05, 4.69) is 4.90 Å². The lowest BCUT2D eigenvalue weighted by Crippen LogP contribution is -2.51. The molecule has 3 rings (SSSR count). The average molecular weight is 303 g/mol. The molecular formula is C17H21NO4. The zero-order valence-corrected chi connectivity index (χ0v) is 12.8. The van der Waals surface area contributed by atoms with Crippen molar-refractivity contribution >= 4 is 11.8 Å². The fourth-order valence-corrected chi connectivity index (χ4v) is 3.36. The number of hydrogen-bond acceptors (Lipinski definition) is 4. The second-order valence-electron chi connectivity index (χ2n) is 6.32. The number of carboxylic acid groups (broad SMARTS) is 1. The summed E-state index contributed by atoms with van der Waals surface area (Å²) < 4.78 is 6.27. The Morgan fingerprint density at radius 2 is 2.09 bits per heavy atom. The lowest BCUT2D eigenvalue weighted by Gasteiger charge is -2.44. The average Bonchev–Trinajstić information content (AvgIpc) is 2.48. The fraction of sp³-hybridized carbons (Fsp3) is 0.529. The molecule has 1 aromatic rings. The third-order valence-corrected chi connectivity index (χ3v) is 4.72. The molecule has 2 heterocycles. The zero-order valence-electron chi connectivity index (χ0n) is 12.8. The van der Waals surface area contributed by atoms with Crippen molar-refractivity contribution < 1.29 is 19.4 Å². The summed E-state index contributed by atoms with van der Waals surface area (Å²) in [5.41, 5.74) is 1.28. The number of piperidine rings is 1. The first-order valence-electron chi connectivity index (χ1n) is 7.75. The van der Waals surface area contributed by atoms with Crippen molar-refractivity contribution in [2.75, 3.05) is 19.6 Å². The Labute approximate surface area is 129 Å². The van der Waals surface area contributed by atoms with Gasteiger partial charge in [-0.05, 0) is 18.6 Å². The molecule has 1 saturated heterocycles. The molecule has 0 unspecified atom stereocenters. The number of aryl methyl sites for hydroxylation is 1. The number of nitrogens with zero attached hydrogens (tertiary/aromatic N) is 1. The van der Waals surface area contributed by atoms with Crippen LogP contribution in [0.1, 0.15) is 41.6 Å². The Hall–Kier alpha value is -1.88. The molecule has 118 valence electrons. The predicted octanol–water partition coefficient (Wildman–Crippen LogP) is 2.27. The van der Waals surface area contributed by atoms with Crippen molar-refractivity contribution in [2.24, 2.45) is 0 Å². The number of rotatable bonds is 3. The molecule has 1 fully saturated rings. The summed E-state index contributed by atoms with van der Waals surface area (Å²) in [6.45, 7) is 4.09. The normalized spacial score (nSPS) is 20.5. The van der Waals surface area contributed by atoms with Crippen LogP contribution < -0.4 is 4.74 Å². The van der Waals surface area contributed by atoms with E-state index in [1.54, 1.807) is 0 Å². The number of carbonyl (C=O) groups excluding carboxylic acids is 1. The number of hydrogen-bond donors (Lipinski definition) is 1. The smallest absolute Gasteiger partial charge is 0.304 e. The lowest BCUT2D eigenvalue weighted by atomic mass is 9.82. The summed E-state index contributed by atoms with van der Waals surface area (Å²) >= 11 is 0. The summed E-state index contributed by atoms with van der Waals surface area (Å²) in [5, 5.41) is 8.76. The van der Waals surface area contributed by atoms with Gasteiger partial charge in [-0.25, -0.2) is 0 Å². The summed E-state index contributed by atoms with van der Waals surface area (Å²) in [4.78, 5) is 25.2. The van der Waals surface area contributed by atoms with Gasteiger partial charge in [0, 0.05) is 32.5 Å². The Balaban J connectivity index is 1.71. The molecule has 0 saturated carbocycles. The largest absolute Gasteiger partial charge is 0.486 e. The summed E-state index contributed by atoms with van der Waals surface area (Å²) in [6, 6.07) is 5.69. The summed E-state index contributed by atoms with van der Waals surface area (Å²) in [7, 11) is 0. The Bertz CT molecular complexity index is 603. The Morgan fingerprint density at radius 1 is 1.36 bits per heavy atom. The molecule has 0 aromatic heterocycles. The van der Waals surface area contributed by atoms with Crippen LogP contribution in [-0.4, -0.2) is 47.0 Å². The van der Waals surface area contributed by atoms with E-state index in [1.807, 2.05) is 25.1 Å². The lowest BCUT2D eigenvalue weighted by molar-refractivity contribution is -0.137. The first-order valence-corrected chi connectivity index (χ1v) is 7.75. The molecule has 0 bridgehead atoms. The molecule has 1 N–H and O–H groups in total. The van der Waals surface area contributed by atoms with E-state index >= 15 is 0 Å². The van der Waals surface area contributed by atoms with E-state index in [1.165, 1.54) is 0 Å². The number of aliphatic carboxylic acids is 1. The number of Topliss-reactive ketones (excluding diaryl/α,β-unsaturated/α-hetero) is 1. The van der Waals surface area contributed by atoms with Crippen LogP contribution in [-0.2, 0) is 4.79 Å². The van der Waals surface area contributed by atoms with Crippen molar-refractivity contribution in [1.82, 2.24) is 4.90 Å². The molecule has 22 heavy (non-hydrogen) atoms. The van der Waals surface area contributed by atoms with Gasteiger partial charge in [0.15, 0.2) is 5.78 Å². The van der Waals surface area contributed by atoms with Gasteiger partial charge in [0.1, 0.15) is 11.4 Å². The minimum atomic E-state index is -0.770. The summed E-state index contributed by atoms with van der Waals surface area (Å²) in [6.07, 6.45) is 2.13. The topological polar surface area (TPSA) is 66.8 Å². The molecular weight excluding hydrogens is 282 g/mol. The van der Waals surface area contributed by atoms with Crippen LogP contribution >= 0.6 is 0 Å². The van der Waals surface area contributed by atoms with Crippen LogP contribution in [0, 0.1) is 6.92 Å². The number of ketones is 1. The van der Waals surface area contributed by atoms with E-state index in [0.29, 0.717) is 18.5 Å². The number of ether oxygens (including phenoxy) is 1. The van der Waals surface area contributed by atoms with Gasteiger partial charge in [0.2, 0.25) is 0 Å². The van der Waals surface area contributed by atoms with Crippen LogP contribution in [0.2, 0.25) is 0 Å². The molecule has 2 aliphatic heterocycles. The number of likely N-dealkylation sites (tertiary alicyclic amines) is 1. The standard InChI is InChI=1S/C17H21NO4/c1-12-3-2-4-13-14(19)11-17(22-16(12)13)6-9-18(10-7-17)8-5-15(20)21/h2-4H,5-11H2,1H3,(H,20,21). The molecule has 1 aromatic carbocycles. The van der Waals surface area contributed by atoms with Crippen LogP contribution in [0.3, 0.4) is 0 Å². The van der Waals surface area contributed by atoms with Gasteiger partial charge in [-0.3, -0.25) is 9.59 Å². The minimum absolute atomic E-state index is 0.156.